The number of anilines is 1. The SMILES string of the molecule is CCc1ccc(N(C)C)c(C)c1. The van der Waals surface area contributed by atoms with Crippen molar-refractivity contribution in [2.24, 2.45) is 0 Å². The topological polar surface area (TPSA) is 3.24 Å². The Hall–Kier alpha value is -0.980. The fourth-order valence-electron chi connectivity index (χ4n) is 1.44. The van der Waals surface area contributed by atoms with Crippen LogP contribution in [0.2, 0.25) is 0 Å². The fourth-order valence-corrected chi connectivity index (χ4v) is 1.44. The summed E-state index contributed by atoms with van der Waals surface area (Å²) in [6, 6.07) is 6.64. The van der Waals surface area contributed by atoms with Crippen molar-refractivity contribution in [1.82, 2.24) is 0 Å². The summed E-state index contributed by atoms with van der Waals surface area (Å²) in [4.78, 5) is 2.15. The molecule has 1 heteroatoms. The first-order valence-electron chi connectivity index (χ1n) is 4.42. The van der Waals surface area contributed by atoms with Crippen molar-refractivity contribution in [2.75, 3.05) is 19.0 Å². The van der Waals surface area contributed by atoms with E-state index in [9.17, 15) is 0 Å². The van der Waals surface area contributed by atoms with Crippen LogP contribution >= 0.6 is 0 Å². The average Bonchev–Trinajstić information content (AvgIpc) is 2.03. The van der Waals surface area contributed by atoms with Gasteiger partial charge in [-0.05, 0) is 30.5 Å². The van der Waals surface area contributed by atoms with Crippen molar-refractivity contribution in [3.8, 4) is 0 Å². The molecule has 0 heterocycles. The molecule has 0 saturated carbocycles. The zero-order valence-corrected chi connectivity index (χ0v) is 8.39. The van der Waals surface area contributed by atoms with E-state index in [1.165, 1.54) is 16.8 Å². The van der Waals surface area contributed by atoms with E-state index in [0.29, 0.717) is 0 Å². The van der Waals surface area contributed by atoms with Crippen LogP contribution in [0.15, 0.2) is 18.2 Å². The minimum absolute atomic E-state index is 1.12. The van der Waals surface area contributed by atoms with Crippen molar-refractivity contribution >= 4 is 5.69 Å². The highest BCUT2D eigenvalue weighted by Gasteiger charge is 1.99. The van der Waals surface area contributed by atoms with Gasteiger partial charge in [0.1, 0.15) is 0 Å². The minimum Gasteiger partial charge on any atom is -0.377 e. The largest absolute Gasteiger partial charge is 0.377 e. The summed E-state index contributed by atoms with van der Waals surface area (Å²) in [5, 5.41) is 0. The molecule has 0 spiro atoms. The number of hydrogen-bond acceptors (Lipinski definition) is 1. The zero-order valence-electron chi connectivity index (χ0n) is 8.39. The Morgan fingerprint density at radius 3 is 2.33 bits per heavy atom. The Balaban J connectivity index is 3.03. The van der Waals surface area contributed by atoms with E-state index in [1.807, 2.05) is 0 Å². The highest BCUT2D eigenvalue weighted by molar-refractivity contribution is 5.53. The molecule has 12 heavy (non-hydrogen) atoms. The van der Waals surface area contributed by atoms with Crippen LogP contribution in [0.3, 0.4) is 0 Å². The van der Waals surface area contributed by atoms with E-state index in [2.05, 4.69) is 51.0 Å². The van der Waals surface area contributed by atoms with Gasteiger partial charge in [0.2, 0.25) is 0 Å². The van der Waals surface area contributed by atoms with E-state index < -0.39 is 0 Å². The highest BCUT2D eigenvalue weighted by atomic mass is 15.1. The lowest BCUT2D eigenvalue weighted by molar-refractivity contribution is 1.09. The maximum Gasteiger partial charge on any atom is 0.0390 e. The first-order chi connectivity index (χ1) is 5.65. The van der Waals surface area contributed by atoms with Crippen molar-refractivity contribution < 1.29 is 0 Å². The molecule has 0 aliphatic rings. The molecule has 0 N–H and O–H groups in total. The Morgan fingerprint density at radius 2 is 1.92 bits per heavy atom. The lowest BCUT2D eigenvalue weighted by Crippen LogP contribution is -2.10. The third kappa shape index (κ3) is 1.79. The van der Waals surface area contributed by atoms with Gasteiger partial charge in [-0.1, -0.05) is 19.1 Å². The molecule has 0 unspecified atom stereocenters. The molecule has 0 bridgehead atoms. The number of hydrogen-bond donors (Lipinski definition) is 0. The second kappa shape index (κ2) is 3.61. The summed E-state index contributed by atoms with van der Waals surface area (Å²) in [6.45, 7) is 4.35. The first kappa shape index (κ1) is 9.11. The molecule has 0 radical (unpaired) electrons. The van der Waals surface area contributed by atoms with Crippen LogP contribution in [-0.4, -0.2) is 14.1 Å². The lowest BCUT2D eigenvalue weighted by atomic mass is 10.1. The number of benzene rings is 1. The predicted octanol–water partition coefficient (Wildman–Crippen LogP) is 2.62. The molecule has 0 amide bonds. The van der Waals surface area contributed by atoms with Gasteiger partial charge in [-0.3, -0.25) is 0 Å². The second-order valence-corrected chi connectivity index (χ2v) is 3.37. The standard InChI is InChI=1S/C11H17N/c1-5-10-6-7-11(12(3)4)9(2)8-10/h6-8H,5H2,1-4H3. The molecular formula is C11H17N. The average molecular weight is 163 g/mol. The molecular weight excluding hydrogens is 146 g/mol. The van der Waals surface area contributed by atoms with E-state index in [-0.39, 0.29) is 0 Å². The van der Waals surface area contributed by atoms with Gasteiger partial charge in [-0.25, -0.2) is 0 Å². The molecule has 66 valence electrons. The summed E-state index contributed by atoms with van der Waals surface area (Å²) in [5.74, 6) is 0. The summed E-state index contributed by atoms with van der Waals surface area (Å²) < 4.78 is 0. The van der Waals surface area contributed by atoms with Crippen molar-refractivity contribution in [2.45, 2.75) is 20.3 Å². The van der Waals surface area contributed by atoms with Gasteiger partial charge in [-0.15, -0.1) is 0 Å². The van der Waals surface area contributed by atoms with Crippen LogP contribution in [-0.2, 0) is 6.42 Å². The second-order valence-electron chi connectivity index (χ2n) is 3.37. The number of nitrogens with zero attached hydrogens (tertiary/aromatic N) is 1. The van der Waals surface area contributed by atoms with Crippen molar-refractivity contribution in [1.29, 1.82) is 0 Å². The zero-order chi connectivity index (χ0) is 9.14. The van der Waals surface area contributed by atoms with Gasteiger partial charge >= 0.3 is 0 Å². The number of rotatable bonds is 2. The van der Waals surface area contributed by atoms with Gasteiger partial charge in [0, 0.05) is 19.8 Å². The Labute approximate surface area is 75.0 Å². The predicted molar refractivity (Wildman–Crippen MR) is 54.9 cm³/mol. The minimum atomic E-state index is 1.12. The molecule has 0 aliphatic carbocycles. The van der Waals surface area contributed by atoms with Crippen molar-refractivity contribution in [3.63, 3.8) is 0 Å². The highest BCUT2D eigenvalue weighted by Crippen LogP contribution is 2.18. The van der Waals surface area contributed by atoms with Gasteiger partial charge in [0.15, 0.2) is 0 Å². The van der Waals surface area contributed by atoms with Gasteiger partial charge in [-0.2, -0.15) is 0 Å². The van der Waals surface area contributed by atoms with Gasteiger partial charge in [0.05, 0.1) is 0 Å². The smallest absolute Gasteiger partial charge is 0.0390 e. The van der Waals surface area contributed by atoms with Crippen LogP contribution in [0.4, 0.5) is 5.69 Å². The van der Waals surface area contributed by atoms with E-state index >= 15 is 0 Å². The fraction of sp³-hybridized carbons (Fsp3) is 0.455. The maximum atomic E-state index is 2.26. The summed E-state index contributed by atoms with van der Waals surface area (Å²) in [7, 11) is 4.15. The molecule has 1 aromatic rings. The number of aryl methyl sites for hydroxylation is 2. The van der Waals surface area contributed by atoms with Crippen LogP contribution in [0.1, 0.15) is 18.1 Å². The summed E-state index contributed by atoms with van der Waals surface area (Å²) in [5.41, 5.74) is 4.09. The Kier molecular flexibility index (Phi) is 2.74. The van der Waals surface area contributed by atoms with Crippen molar-refractivity contribution in [3.05, 3.63) is 29.3 Å². The Morgan fingerprint density at radius 1 is 1.25 bits per heavy atom. The lowest BCUT2D eigenvalue weighted by Gasteiger charge is -2.15. The third-order valence-corrected chi connectivity index (χ3v) is 2.15. The molecule has 1 nitrogen and oxygen atoms in total. The normalized spacial score (nSPS) is 10.0. The van der Waals surface area contributed by atoms with Crippen LogP contribution in [0.25, 0.3) is 0 Å². The Bertz CT molecular complexity index is 264. The molecule has 1 rings (SSSR count). The maximum absolute atomic E-state index is 2.26. The van der Waals surface area contributed by atoms with Gasteiger partial charge < -0.3 is 4.90 Å². The molecule has 0 saturated heterocycles. The summed E-state index contributed by atoms with van der Waals surface area (Å²) in [6.07, 6.45) is 1.12. The monoisotopic (exact) mass is 163 g/mol. The molecule has 0 fully saturated rings. The van der Waals surface area contributed by atoms with Crippen LogP contribution in [0.5, 0.6) is 0 Å². The van der Waals surface area contributed by atoms with Gasteiger partial charge in [0.25, 0.3) is 0 Å². The first-order valence-corrected chi connectivity index (χ1v) is 4.42. The summed E-state index contributed by atoms with van der Waals surface area (Å²) >= 11 is 0. The molecule has 0 aliphatic heterocycles. The molecule has 0 atom stereocenters. The van der Waals surface area contributed by atoms with E-state index in [1.54, 1.807) is 0 Å². The van der Waals surface area contributed by atoms with E-state index in [0.717, 1.165) is 6.42 Å². The third-order valence-electron chi connectivity index (χ3n) is 2.15. The van der Waals surface area contributed by atoms with Crippen LogP contribution in [0, 0.1) is 6.92 Å². The quantitative estimate of drug-likeness (QED) is 0.648. The molecule has 0 aromatic heterocycles. The van der Waals surface area contributed by atoms with E-state index in [4.69, 9.17) is 0 Å². The van der Waals surface area contributed by atoms with Crippen LogP contribution < -0.4 is 4.90 Å². The molecule has 1 aromatic carbocycles.